The van der Waals surface area contributed by atoms with Crippen molar-refractivity contribution in [3.05, 3.63) is 36.5 Å². The summed E-state index contributed by atoms with van der Waals surface area (Å²) in [5.41, 5.74) is 0. The van der Waals surface area contributed by atoms with Crippen LogP contribution < -0.4 is 0 Å². The number of nitrogens with zero attached hydrogens (tertiary/aromatic N) is 2. The van der Waals surface area contributed by atoms with Crippen LogP contribution in [-0.4, -0.2) is 105 Å². The van der Waals surface area contributed by atoms with Crippen molar-refractivity contribution in [1.29, 1.82) is 0 Å². The van der Waals surface area contributed by atoms with Crippen LogP contribution in [0, 0.1) is 5.92 Å². The smallest absolute Gasteiger partial charge is 0.305 e. The number of aliphatic hydroxyl groups is 1. The van der Waals surface area contributed by atoms with Crippen molar-refractivity contribution in [3.8, 4) is 0 Å². The number of carbonyl (C=O) groups is 3. The summed E-state index contributed by atoms with van der Waals surface area (Å²) in [6, 6.07) is 0. The van der Waals surface area contributed by atoms with Crippen molar-refractivity contribution < 1.29 is 38.4 Å². The summed E-state index contributed by atoms with van der Waals surface area (Å²) in [5.74, 6) is -0.884. The minimum atomic E-state index is -0.489. The molecule has 0 aliphatic heterocycles. The van der Waals surface area contributed by atoms with Gasteiger partial charge in [-0.1, -0.05) is 148 Å². The highest BCUT2D eigenvalue weighted by Gasteiger charge is 2.23. The molecule has 0 fully saturated rings. The SMILES string of the molecule is CC/C=C\CCCCOC(CCC(=O)OCC(COC(=O)CCCCCCC/C=C\CCCCCCCC)CN(CCCN(C)CCO)C(=O)CCCCCCCC)OCCCC/C=C\CC. The van der Waals surface area contributed by atoms with Gasteiger partial charge in [-0.05, 0) is 110 Å². The average molecular weight is 947 g/mol. The fourth-order valence-corrected chi connectivity index (χ4v) is 7.90. The number of likely N-dealkylation sites (N-methyl/N-ethyl adjacent to an activating group) is 1. The topological polar surface area (TPSA) is 115 Å². The second-order valence-electron chi connectivity index (χ2n) is 18.8. The number of carbonyl (C=O) groups excluding carboxylic acids is 3. The van der Waals surface area contributed by atoms with E-state index in [9.17, 15) is 19.5 Å². The van der Waals surface area contributed by atoms with Gasteiger partial charge in [-0.3, -0.25) is 14.4 Å². The van der Waals surface area contributed by atoms with Crippen LogP contribution in [0.5, 0.6) is 0 Å². The molecule has 0 aromatic carbocycles. The lowest BCUT2D eigenvalue weighted by atomic mass is 10.1. The summed E-state index contributed by atoms with van der Waals surface area (Å²) < 4.78 is 24.0. The lowest BCUT2D eigenvalue weighted by Gasteiger charge is -2.28. The van der Waals surface area contributed by atoms with Crippen LogP contribution in [0.4, 0.5) is 0 Å². The van der Waals surface area contributed by atoms with E-state index in [4.69, 9.17) is 18.9 Å². The van der Waals surface area contributed by atoms with Gasteiger partial charge in [0.15, 0.2) is 6.29 Å². The molecule has 0 aromatic heterocycles. The van der Waals surface area contributed by atoms with Crippen LogP contribution in [0.2, 0.25) is 0 Å². The molecule has 392 valence electrons. The van der Waals surface area contributed by atoms with Crippen LogP contribution in [0.1, 0.15) is 233 Å². The molecule has 0 spiro atoms. The van der Waals surface area contributed by atoms with Crippen LogP contribution in [0.3, 0.4) is 0 Å². The summed E-state index contributed by atoms with van der Waals surface area (Å²) in [5, 5.41) is 9.42. The molecule has 0 heterocycles. The standard InChI is InChI=1S/C57H106N2O8/c1-6-10-14-18-22-23-24-25-26-27-28-29-30-32-36-41-55(62)66-51-53(50-59(45-39-44-58(5)46-47-60)54(61)40-35-31-19-15-11-7-2)52-67-56(63)42-43-57(64-48-37-33-20-16-12-8-3)65-49-38-34-21-17-13-9-4/h12-13,16-17,25-26,53,57,60H,6-11,14-15,18-24,27-52H2,1-5H3/b16-12-,17-13-,26-25-. The number of amides is 1. The predicted octanol–water partition coefficient (Wildman–Crippen LogP) is 14.0. The maximum absolute atomic E-state index is 13.8. The molecule has 0 aliphatic carbocycles. The van der Waals surface area contributed by atoms with Gasteiger partial charge >= 0.3 is 11.9 Å². The number of esters is 2. The monoisotopic (exact) mass is 947 g/mol. The molecule has 0 saturated carbocycles. The summed E-state index contributed by atoms with van der Waals surface area (Å²) in [7, 11) is 1.97. The quantitative estimate of drug-likeness (QED) is 0.0275. The van der Waals surface area contributed by atoms with Gasteiger partial charge in [-0.2, -0.15) is 0 Å². The first-order valence-corrected chi connectivity index (χ1v) is 27.9. The maximum atomic E-state index is 13.8. The van der Waals surface area contributed by atoms with Crippen LogP contribution in [0.15, 0.2) is 36.5 Å². The van der Waals surface area contributed by atoms with E-state index in [1.807, 2.05) is 11.9 Å². The van der Waals surface area contributed by atoms with Crippen molar-refractivity contribution in [1.82, 2.24) is 9.80 Å². The number of ether oxygens (including phenoxy) is 4. The first-order valence-electron chi connectivity index (χ1n) is 27.9. The average Bonchev–Trinajstić information content (AvgIpc) is 3.32. The Morgan fingerprint density at radius 3 is 1.45 bits per heavy atom. The van der Waals surface area contributed by atoms with Gasteiger partial charge in [0.2, 0.25) is 5.91 Å². The number of hydrogen-bond donors (Lipinski definition) is 1. The predicted molar refractivity (Wildman–Crippen MR) is 280 cm³/mol. The third-order valence-electron chi connectivity index (χ3n) is 12.2. The minimum absolute atomic E-state index is 0.0493. The van der Waals surface area contributed by atoms with E-state index in [-0.39, 0.29) is 50.0 Å². The largest absolute Gasteiger partial charge is 0.465 e. The zero-order chi connectivity index (χ0) is 49.1. The number of hydrogen-bond acceptors (Lipinski definition) is 9. The molecule has 1 amide bonds. The Labute approximate surface area is 412 Å². The Morgan fingerprint density at radius 2 is 0.940 bits per heavy atom. The van der Waals surface area contributed by atoms with Crippen LogP contribution in [0.25, 0.3) is 0 Å². The molecular weight excluding hydrogens is 841 g/mol. The molecule has 0 saturated heterocycles. The van der Waals surface area contributed by atoms with E-state index in [1.54, 1.807) is 0 Å². The molecular formula is C57H106N2O8. The van der Waals surface area contributed by atoms with Gasteiger partial charge in [-0.25, -0.2) is 0 Å². The van der Waals surface area contributed by atoms with E-state index in [2.05, 4.69) is 69.1 Å². The summed E-state index contributed by atoms with van der Waals surface area (Å²) in [6.45, 7) is 12.3. The summed E-state index contributed by atoms with van der Waals surface area (Å²) >= 11 is 0. The van der Waals surface area contributed by atoms with Gasteiger partial charge in [0.05, 0.1) is 26.2 Å². The van der Waals surface area contributed by atoms with Crippen molar-refractivity contribution in [2.24, 2.45) is 5.92 Å². The highest BCUT2D eigenvalue weighted by atomic mass is 16.7. The molecule has 67 heavy (non-hydrogen) atoms. The Bertz CT molecular complexity index is 1170. The van der Waals surface area contributed by atoms with Crippen molar-refractivity contribution in [3.63, 3.8) is 0 Å². The van der Waals surface area contributed by atoms with Gasteiger partial charge in [0.25, 0.3) is 0 Å². The number of allylic oxidation sites excluding steroid dienone is 6. The van der Waals surface area contributed by atoms with E-state index in [0.717, 1.165) is 116 Å². The highest BCUT2D eigenvalue weighted by Crippen LogP contribution is 2.16. The lowest BCUT2D eigenvalue weighted by Crippen LogP contribution is -2.40. The zero-order valence-corrected chi connectivity index (χ0v) is 44.3. The molecule has 1 atom stereocenters. The molecule has 1 unspecified atom stereocenters. The van der Waals surface area contributed by atoms with Crippen molar-refractivity contribution >= 4 is 17.8 Å². The molecule has 0 radical (unpaired) electrons. The maximum Gasteiger partial charge on any atom is 0.305 e. The Balaban J connectivity index is 5.45. The van der Waals surface area contributed by atoms with Crippen LogP contribution >= 0.6 is 0 Å². The highest BCUT2D eigenvalue weighted by molar-refractivity contribution is 5.76. The Hall–Kier alpha value is -2.53. The van der Waals surface area contributed by atoms with Crippen molar-refractivity contribution in [2.45, 2.75) is 239 Å². The molecule has 10 heteroatoms. The van der Waals surface area contributed by atoms with E-state index >= 15 is 0 Å². The number of aliphatic hydroxyl groups excluding tert-OH is 1. The minimum Gasteiger partial charge on any atom is -0.465 e. The van der Waals surface area contributed by atoms with E-state index in [1.165, 1.54) is 70.6 Å². The molecule has 10 nitrogen and oxygen atoms in total. The first kappa shape index (κ1) is 64.5. The Morgan fingerprint density at radius 1 is 0.493 bits per heavy atom. The molecule has 0 aromatic rings. The summed E-state index contributed by atoms with van der Waals surface area (Å²) in [4.78, 5) is 44.1. The van der Waals surface area contributed by atoms with E-state index < -0.39 is 6.29 Å². The third-order valence-corrected chi connectivity index (χ3v) is 12.2. The van der Waals surface area contributed by atoms with Gasteiger partial charge in [0, 0.05) is 58.0 Å². The van der Waals surface area contributed by atoms with Crippen LogP contribution in [-0.2, 0) is 33.3 Å². The Kier molecular flexibility index (Phi) is 49.4. The molecule has 1 N–H and O–H groups in total. The van der Waals surface area contributed by atoms with Gasteiger partial charge in [-0.15, -0.1) is 0 Å². The number of rotatable bonds is 51. The third kappa shape index (κ3) is 45.7. The molecule has 0 bridgehead atoms. The number of unbranched alkanes of at least 4 members (excludes halogenated alkanes) is 20. The molecule has 0 aliphatic rings. The second kappa shape index (κ2) is 51.3. The lowest BCUT2D eigenvalue weighted by molar-refractivity contribution is -0.161. The second-order valence-corrected chi connectivity index (χ2v) is 18.8. The van der Waals surface area contributed by atoms with Gasteiger partial charge in [0.1, 0.15) is 0 Å². The van der Waals surface area contributed by atoms with Gasteiger partial charge < -0.3 is 33.9 Å². The fourth-order valence-electron chi connectivity index (χ4n) is 7.90. The normalized spacial score (nSPS) is 12.4. The fraction of sp³-hybridized carbons (Fsp3) is 0.842. The first-order chi connectivity index (χ1) is 32.8. The van der Waals surface area contributed by atoms with Crippen molar-refractivity contribution in [2.75, 3.05) is 66.3 Å². The zero-order valence-electron chi connectivity index (χ0n) is 44.3. The molecule has 0 rings (SSSR count). The summed E-state index contributed by atoms with van der Waals surface area (Å²) in [6.07, 6.45) is 45.3. The van der Waals surface area contributed by atoms with E-state index in [0.29, 0.717) is 52.1 Å².